The van der Waals surface area contributed by atoms with Gasteiger partial charge in [-0.2, -0.15) is 0 Å². The number of nitrogens with zero attached hydrogens (tertiary/aromatic N) is 4. The van der Waals surface area contributed by atoms with Crippen molar-refractivity contribution in [2.24, 2.45) is 0 Å². The van der Waals surface area contributed by atoms with E-state index in [0.29, 0.717) is 24.3 Å². The molecule has 0 unspecified atom stereocenters. The molecule has 7 heteroatoms. The summed E-state index contributed by atoms with van der Waals surface area (Å²) >= 11 is 0. The van der Waals surface area contributed by atoms with Gasteiger partial charge in [0.1, 0.15) is 11.7 Å². The van der Waals surface area contributed by atoms with Crippen LogP contribution >= 0.6 is 0 Å². The van der Waals surface area contributed by atoms with E-state index in [4.69, 9.17) is 0 Å². The minimum Gasteiger partial charge on any atom is -0.331 e. The van der Waals surface area contributed by atoms with Crippen LogP contribution in [0, 0.1) is 0 Å². The fourth-order valence-electron chi connectivity index (χ4n) is 3.63. The van der Waals surface area contributed by atoms with E-state index >= 15 is 0 Å². The zero-order valence-electron chi connectivity index (χ0n) is 16.2. The molecule has 1 aliphatic rings. The van der Waals surface area contributed by atoms with Crippen LogP contribution in [0.1, 0.15) is 18.2 Å². The largest absolute Gasteiger partial charge is 0.331 e. The Bertz CT molecular complexity index is 1110. The first-order valence-electron chi connectivity index (χ1n) is 9.62. The molecule has 7 nitrogen and oxygen atoms in total. The Morgan fingerprint density at radius 3 is 2.59 bits per heavy atom. The molecule has 1 saturated heterocycles. The number of pyridine rings is 1. The first kappa shape index (κ1) is 18.9. The molecule has 1 atom stereocenters. The topological polar surface area (TPSA) is 75.0 Å². The van der Waals surface area contributed by atoms with Gasteiger partial charge in [0.05, 0.1) is 18.8 Å². The Hall–Kier alpha value is -3.48. The molecule has 3 aromatic rings. The van der Waals surface area contributed by atoms with Gasteiger partial charge in [-0.1, -0.05) is 36.4 Å². The lowest BCUT2D eigenvalue weighted by Gasteiger charge is -2.38. The Morgan fingerprint density at radius 2 is 1.79 bits per heavy atom. The maximum atomic E-state index is 12.8. The molecule has 1 aromatic carbocycles. The zero-order valence-corrected chi connectivity index (χ0v) is 16.2. The molecule has 3 heterocycles. The van der Waals surface area contributed by atoms with Crippen molar-refractivity contribution in [1.29, 1.82) is 0 Å². The van der Waals surface area contributed by atoms with Crippen LogP contribution in [0.4, 0.5) is 0 Å². The smallest absolute Gasteiger partial charge is 0.258 e. The highest BCUT2D eigenvalue weighted by atomic mass is 16.2. The highest BCUT2D eigenvalue weighted by Crippen LogP contribution is 2.16. The van der Waals surface area contributed by atoms with Gasteiger partial charge in [0, 0.05) is 18.8 Å². The number of fused-ring (bicyclic) bond motifs is 1. The van der Waals surface area contributed by atoms with Gasteiger partial charge in [-0.05, 0) is 31.0 Å². The number of hydrogen-bond acceptors (Lipinski definition) is 4. The number of carbonyl (C=O) groups excluding carboxylic acids is 2. The molecule has 2 aromatic heterocycles. The number of benzene rings is 1. The van der Waals surface area contributed by atoms with Crippen LogP contribution in [0.25, 0.3) is 5.65 Å². The van der Waals surface area contributed by atoms with E-state index < -0.39 is 6.04 Å². The number of carbonyl (C=O) groups is 2. The van der Waals surface area contributed by atoms with E-state index in [1.807, 2.05) is 30.3 Å². The van der Waals surface area contributed by atoms with Crippen LogP contribution in [0.3, 0.4) is 0 Å². The van der Waals surface area contributed by atoms with Crippen molar-refractivity contribution in [1.82, 2.24) is 19.2 Å². The maximum absolute atomic E-state index is 12.8. The number of piperazine rings is 1. The van der Waals surface area contributed by atoms with Gasteiger partial charge in [0.2, 0.25) is 11.8 Å². The lowest BCUT2D eigenvalue weighted by molar-refractivity contribution is -0.155. The fourth-order valence-corrected chi connectivity index (χ4v) is 3.63. The SMILES string of the molecule is C[C@H]1C(=O)N(CCc2ccccc2)CC(=O)N1Cc1cc(=O)n2ccccc2n1. The third kappa shape index (κ3) is 3.89. The van der Waals surface area contributed by atoms with Crippen molar-refractivity contribution >= 4 is 17.5 Å². The van der Waals surface area contributed by atoms with Gasteiger partial charge in [0.15, 0.2) is 0 Å². The van der Waals surface area contributed by atoms with Crippen LogP contribution in [-0.4, -0.2) is 50.1 Å². The summed E-state index contributed by atoms with van der Waals surface area (Å²) in [4.78, 5) is 45.4. The monoisotopic (exact) mass is 390 g/mol. The maximum Gasteiger partial charge on any atom is 0.258 e. The molecule has 1 aliphatic heterocycles. The summed E-state index contributed by atoms with van der Waals surface area (Å²) in [6, 6.07) is 16.0. The molecule has 0 N–H and O–H groups in total. The lowest BCUT2D eigenvalue weighted by Crippen LogP contribution is -2.58. The second-order valence-electron chi connectivity index (χ2n) is 7.21. The lowest BCUT2D eigenvalue weighted by atomic mass is 10.1. The normalized spacial score (nSPS) is 17.2. The van der Waals surface area contributed by atoms with Crippen LogP contribution in [0.2, 0.25) is 0 Å². The van der Waals surface area contributed by atoms with E-state index in [0.717, 1.165) is 5.56 Å². The summed E-state index contributed by atoms with van der Waals surface area (Å²) in [5.41, 5.74) is 1.91. The summed E-state index contributed by atoms with van der Waals surface area (Å²) in [6.07, 6.45) is 2.35. The summed E-state index contributed by atoms with van der Waals surface area (Å²) in [5, 5.41) is 0. The van der Waals surface area contributed by atoms with Crippen molar-refractivity contribution < 1.29 is 9.59 Å². The molecule has 0 radical (unpaired) electrons. The third-order valence-corrected chi connectivity index (χ3v) is 5.25. The summed E-state index contributed by atoms with van der Waals surface area (Å²) in [7, 11) is 0. The van der Waals surface area contributed by atoms with Gasteiger partial charge >= 0.3 is 0 Å². The van der Waals surface area contributed by atoms with E-state index in [1.54, 1.807) is 36.2 Å². The summed E-state index contributed by atoms with van der Waals surface area (Å²) < 4.78 is 1.45. The Labute approximate surface area is 168 Å². The van der Waals surface area contributed by atoms with Crippen molar-refractivity contribution in [3.05, 3.63) is 82.4 Å². The van der Waals surface area contributed by atoms with Crippen molar-refractivity contribution in [2.75, 3.05) is 13.1 Å². The first-order chi connectivity index (χ1) is 14.0. The quantitative estimate of drug-likeness (QED) is 0.662. The highest BCUT2D eigenvalue weighted by Gasteiger charge is 2.36. The van der Waals surface area contributed by atoms with Crippen LogP contribution in [0.15, 0.2) is 65.6 Å². The zero-order chi connectivity index (χ0) is 20.4. The number of aromatic nitrogens is 2. The summed E-state index contributed by atoms with van der Waals surface area (Å²) in [5.74, 6) is -0.224. The number of amides is 2. The standard InChI is InChI=1S/C22H22N4O3/c1-16-22(29)24(12-10-17-7-3-2-4-8-17)15-21(28)26(16)14-18-13-20(27)25-11-6-5-9-19(25)23-18/h2-9,11,13,16H,10,12,14-15H2,1H3/t16-/m0/s1. The fraction of sp³-hybridized carbons (Fsp3) is 0.273. The molecule has 148 valence electrons. The molecule has 1 fully saturated rings. The van der Waals surface area contributed by atoms with E-state index in [9.17, 15) is 14.4 Å². The van der Waals surface area contributed by atoms with E-state index in [1.165, 1.54) is 15.4 Å². The van der Waals surface area contributed by atoms with E-state index in [-0.39, 0.29) is 30.5 Å². The average Bonchev–Trinajstić information content (AvgIpc) is 2.73. The van der Waals surface area contributed by atoms with Crippen LogP contribution in [0.5, 0.6) is 0 Å². The average molecular weight is 390 g/mol. The molecular formula is C22H22N4O3. The van der Waals surface area contributed by atoms with Gasteiger partial charge in [-0.25, -0.2) is 4.98 Å². The van der Waals surface area contributed by atoms with Gasteiger partial charge < -0.3 is 9.80 Å². The minimum absolute atomic E-state index is 0.0442. The molecule has 0 saturated carbocycles. The Morgan fingerprint density at radius 1 is 1.03 bits per heavy atom. The molecule has 0 spiro atoms. The number of rotatable bonds is 5. The van der Waals surface area contributed by atoms with E-state index in [2.05, 4.69) is 4.98 Å². The Balaban J connectivity index is 1.48. The van der Waals surface area contributed by atoms with Gasteiger partial charge in [0.25, 0.3) is 5.56 Å². The molecule has 0 aliphatic carbocycles. The molecule has 0 bridgehead atoms. The second-order valence-corrected chi connectivity index (χ2v) is 7.21. The van der Waals surface area contributed by atoms with Crippen LogP contribution in [-0.2, 0) is 22.6 Å². The molecule has 4 rings (SSSR count). The third-order valence-electron chi connectivity index (χ3n) is 5.25. The molecule has 29 heavy (non-hydrogen) atoms. The minimum atomic E-state index is -0.594. The van der Waals surface area contributed by atoms with Gasteiger partial charge in [-0.15, -0.1) is 0 Å². The molecular weight excluding hydrogens is 368 g/mol. The van der Waals surface area contributed by atoms with Crippen molar-refractivity contribution in [2.45, 2.75) is 25.9 Å². The predicted octanol–water partition coefficient (Wildman–Crippen LogP) is 1.50. The van der Waals surface area contributed by atoms with Crippen LogP contribution < -0.4 is 5.56 Å². The highest BCUT2D eigenvalue weighted by molar-refractivity contribution is 5.94. The predicted molar refractivity (Wildman–Crippen MR) is 108 cm³/mol. The first-order valence-corrected chi connectivity index (χ1v) is 9.62. The number of hydrogen-bond donors (Lipinski definition) is 0. The second kappa shape index (κ2) is 7.87. The summed E-state index contributed by atoms with van der Waals surface area (Å²) in [6.45, 7) is 2.41. The Kier molecular flexibility index (Phi) is 5.12. The van der Waals surface area contributed by atoms with Crippen molar-refractivity contribution in [3.63, 3.8) is 0 Å². The van der Waals surface area contributed by atoms with Gasteiger partial charge in [-0.3, -0.25) is 18.8 Å². The van der Waals surface area contributed by atoms with Crippen molar-refractivity contribution in [3.8, 4) is 0 Å². The molecule has 2 amide bonds.